The minimum atomic E-state index is -1.02. The summed E-state index contributed by atoms with van der Waals surface area (Å²) in [5.41, 5.74) is 2.37. The second-order valence-corrected chi connectivity index (χ2v) is 8.32. The Morgan fingerprint density at radius 1 is 1.03 bits per heavy atom. The van der Waals surface area contributed by atoms with E-state index in [1.807, 2.05) is 36.4 Å². The van der Waals surface area contributed by atoms with Crippen molar-refractivity contribution in [1.82, 2.24) is 4.57 Å². The van der Waals surface area contributed by atoms with Crippen molar-refractivity contribution >= 4 is 29.2 Å². The summed E-state index contributed by atoms with van der Waals surface area (Å²) in [5, 5.41) is 3.38. The summed E-state index contributed by atoms with van der Waals surface area (Å²) in [6, 6.07) is 17.4. The largest absolute Gasteiger partial charge is 0.449 e. The van der Waals surface area contributed by atoms with Crippen molar-refractivity contribution < 1.29 is 14.3 Å². The first-order valence-corrected chi connectivity index (χ1v) is 11.2. The van der Waals surface area contributed by atoms with E-state index < -0.39 is 18.0 Å². The van der Waals surface area contributed by atoms with Crippen molar-refractivity contribution in [3.63, 3.8) is 0 Å². The smallest absolute Gasteiger partial charge is 0.340 e. The third kappa shape index (κ3) is 6.11. The number of nitrogens with one attached hydrogen (secondary N) is 1. The molecule has 0 saturated heterocycles. The van der Waals surface area contributed by atoms with Gasteiger partial charge >= 0.3 is 5.97 Å². The normalized spacial score (nSPS) is 12.6. The molecule has 33 heavy (non-hydrogen) atoms. The molecular formula is C26H27ClN2O4. The molecule has 0 bridgehead atoms. The van der Waals surface area contributed by atoms with E-state index in [1.54, 1.807) is 12.1 Å². The molecule has 1 aromatic heterocycles. The van der Waals surface area contributed by atoms with Crippen LogP contribution in [0.2, 0.25) is 5.02 Å². The van der Waals surface area contributed by atoms with Crippen LogP contribution < -0.4 is 10.9 Å². The highest BCUT2D eigenvalue weighted by Gasteiger charge is 2.21. The fourth-order valence-corrected chi connectivity index (χ4v) is 3.56. The van der Waals surface area contributed by atoms with Gasteiger partial charge in [-0.05, 0) is 48.6 Å². The number of nitrogens with zero attached hydrogens (tertiary/aromatic N) is 1. The number of hydrogen-bond donors (Lipinski definition) is 1. The molecule has 0 spiro atoms. The van der Waals surface area contributed by atoms with Crippen LogP contribution in [0.3, 0.4) is 0 Å². The first-order chi connectivity index (χ1) is 15.8. The van der Waals surface area contributed by atoms with Crippen molar-refractivity contribution in [3.8, 4) is 0 Å². The van der Waals surface area contributed by atoms with Gasteiger partial charge in [-0.25, -0.2) is 4.79 Å². The number of amides is 1. The average molecular weight is 467 g/mol. The quantitative estimate of drug-likeness (QED) is 0.460. The number of carbonyl (C=O) groups excluding carboxylic acids is 2. The summed E-state index contributed by atoms with van der Waals surface area (Å²) in [5.74, 6) is -0.845. The summed E-state index contributed by atoms with van der Waals surface area (Å²) >= 11 is 6.19. The lowest BCUT2D eigenvalue weighted by Crippen LogP contribution is -2.31. The molecule has 2 aromatic carbocycles. The predicted molar refractivity (Wildman–Crippen MR) is 130 cm³/mol. The highest BCUT2D eigenvalue weighted by Crippen LogP contribution is 2.26. The number of anilines is 1. The number of rotatable bonds is 8. The van der Waals surface area contributed by atoms with Crippen LogP contribution in [-0.4, -0.2) is 22.5 Å². The van der Waals surface area contributed by atoms with Gasteiger partial charge in [-0.1, -0.05) is 61.8 Å². The van der Waals surface area contributed by atoms with E-state index in [2.05, 4.69) is 19.2 Å². The summed E-state index contributed by atoms with van der Waals surface area (Å²) in [6.07, 6.45) is 1.32. The van der Waals surface area contributed by atoms with Crippen LogP contribution in [0, 0.1) is 0 Å². The van der Waals surface area contributed by atoms with Gasteiger partial charge in [-0.3, -0.25) is 9.59 Å². The number of esters is 1. The zero-order valence-electron chi connectivity index (χ0n) is 18.9. The van der Waals surface area contributed by atoms with E-state index >= 15 is 0 Å². The molecule has 172 valence electrons. The summed E-state index contributed by atoms with van der Waals surface area (Å²) < 4.78 is 6.75. The van der Waals surface area contributed by atoms with Gasteiger partial charge < -0.3 is 14.6 Å². The van der Waals surface area contributed by atoms with Crippen LogP contribution in [0.4, 0.5) is 5.69 Å². The van der Waals surface area contributed by atoms with Crippen molar-refractivity contribution in [2.24, 2.45) is 0 Å². The molecule has 1 N–H and O–H groups in total. The van der Waals surface area contributed by atoms with Gasteiger partial charge in [0.25, 0.3) is 11.5 Å². The van der Waals surface area contributed by atoms with E-state index in [0.29, 0.717) is 10.7 Å². The van der Waals surface area contributed by atoms with Crippen LogP contribution in [0.5, 0.6) is 0 Å². The van der Waals surface area contributed by atoms with E-state index in [1.165, 1.54) is 29.8 Å². The van der Waals surface area contributed by atoms with Gasteiger partial charge in [-0.2, -0.15) is 0 Å². The molecular weight excluding hydrogens is 440 g/mol. The zero-order valence-corrected chi connectivity index (χ0v) is 19.6. The number of benzene rings is 2. The van der Waals surface area contributed by atoms with E-state index in [4.69, 9.17) is 16.3 Å². The van der Waals surface area contributed by atoms with Gasteiger partial charge in [0.05, 0.1) is 12.1 Å². The van der Waals surface area contributed by atoms with Crippen LogP contribution in [0.15, 0.2) is 71.7 Å². The van der Waals surface area contributed by atoms with Crippen molar-refractivity contribution in [1.29, 1.82) is 0 Å². The lowest BCUT2D eigenvalue weighted by Gasteiger charge is -2.18. The zero-order chi connectivity index (χ0) is 24.0. The molecule has 0 saturated carbocycles. The molecule has 0 aliphatic carbocycles. The molecule has 3 rings (SSSR count). The first kappa shape index (κ1) is 24.3. The third-order valence-electron chi connectivity index (χ3n) is 5.53. The molecule has 3 aromatic rings. The van der Waals surface area contributed by atoms with Crippen LogP contribution in [0.25, 0.3) is 0 Å². The lowest BCUT2D eigenvalue weighted by molar-refractivity contribution is -0.123. The SMILES string of the molecule is CCC(C)c1ccccc1NC(=O)C(C)OC(=O)c1ccc(=O)n(Cc2ccccc2Cl)c1. The maximum atomic E-state index is 12.7. The van der Waals surface area contributed by atoms with E-state index in [9.17, 15) is 14.4 Å². The van der Waals surface area contributed by atoms with E-state index in [-0.39, 0.29) is 23.6 Å². The molecule has 1 heterocycles. The minimum Gasteiger partial charge on any atom is -0.449 e. The predicted octanol–water partition coefficient (Wildman–Crippen LogP) is 5.25. The van der Waals surface area contributed by atoms with Crippen molar-refractivity contribution in [3.05, 3.63) is 98.9 Å². The lowest BCUT2D eigenvalue weighted by atomic mass is 9.97. The molecule has 0 aliphatic heterocycles. The standard InChI is InChI=1S/C26H27ClN2O4/c1-4-17(2)21-10-6-8-12-23(21)28-25(31)18(3)33-26(32)20-13-14-24(30)29(16-20)15-19-9-5-7-11-22(19)27/h5-14,16-18H,4,15H2,1-3H3,(H,28,31). The van der Waals surface area contributed by atoms with Crippen molar-refractivity contribution in [2.45, 2.75) is 45.8 Å². The maximum absolute atomic E-state index is 12.7. The van der Waals surface area contributed by atoms with Crippen LogP contribution in [-0.2, 0) is 16.1 Å². The van der Waals surface area contributed by atoms with Crippen molar-refractivity contribution in [2.75, 3.05) is 5.32 Å². The summed E-state index contributed by atoms with van der Waals surface area (Å²) in [7, 11) is 0. The van der Waals surface area contributed by atoms with Gasteiger partial charge in [0.1, 0.15) is 0 Å². The fraction of sp³-hybridized carbons (Fsp3) is 0.269. The topological polar surface area (TPSA) is 77.4 Å². The van der Waals surface area contributed by atoms with E-state index in [0.717, 1.165) is 17.5 Å². The molecule has 1 amide bonds. The number of hydrogen-bond acceptors (Lipinski definition) is 4. The summed E-state index contributed by atoms with van der Waals surface area (Å²) in [6.45, 7) is 5.89. The Labute approximate surface area is 198 Å². The molecule has 0 radical (unpaired) electrons. The van der Waals surface area contributed by atoms with Crippen LogP contribution in [0.1, 0.15) is 54.6 Å². The number of carbonyl (C=O) groups is 2. The number of ether oxygens (including phenoxy) is 1. The number of pyridine rings is 1. The molecule has 0 fully saturated rings. The van der Waals surface area contributed by atoms with Gasteiger partial charge in [0, 0.05) is 23.0 Å². The molecule has 7 heteroatoms. The maximum Gasteiger partial charge on any atom is 0.340 e. The Balaban J connectivity index is 1.70. The highest BCUT2D eigenvalue weighted by atomic mass is 35.5. The van der Waals surface area contributed by atoms with Gasteiger partial charge in [0.2, 0.25) is 0 Å². The monoisotopic (exact) mass is 466 g/mol. The fourth-order valence-electron chi connectivity index (χ4n) is 3.36. The first-order valence-electron chi connectivity index (χ1n) is 10.8. The second kappa shape index (κ2) is 11.0. The molecule has 6 nitrogen and oxygen atoms in total. The van der Waals surface area contributed by atoms with Crippen LogP contribution >= 0.6 is 11.6 Å². The number of aromatic nitrogens is 1. The second-order valence-electron chi connectivity index (χ2n) is 7.91. The Hall–Kier alpha value is -3.38. The summed E-state index contributed by atoms with van der Waals surface area (Å²) in [4.78, 5) is 37.6. The van der Waals surface area contributed by atoms with Gasteiger partial charge in [-0.15, -0.1) is 0 Å². The molecule has 2 atom stereocenters. The minimum absolute atomic E-state index is 0.168. The highest BCUT2D eigenvalue weighted by molar-refractivity contribution is 6.31. The number of para-hydroxylation sites is 1. The molecule has 2 unspecified atom stereocenters. The molecule has 0 aliphatic rings. The Morgan fingerprint density at radius 3 is 2.45 bits per heavy atom. The Morgan fingerprint density at radius 2 is 1.73 bits per heavy atom. The Bertz CT molecular complexity index is 1200. The Kier molecular flexibility index (Phi) is 8.06. The van der Waals surface area contributed by atoms with Gasteiger partial charge in [0.15, 0.2) is 6.10 Å². The number of halogens is 1. The third-order valence-corrected chi connectivity index (χ3v) is 5.90. The average Bonchev–Trinajstić information content (AvgIpc) is 2.81.